The molecule has 8 heteroatoms. The van der Waals surface area contributed by atoms with Crippen molar-refractivity contribution in [2.75, 3.05) is 13.2 Å². The molecule has 0 aliphatic rings. The van der Waals surface area contributed by atoms with Crippen LogP contribution in [0.5, 0.6) is 0 Å². The van der Waals surface area contributed by atoms with E-state index < -0.39 is 23.1 Å². The van der Waals surface area contributed by atoms with Gasteiger partial charge in [-0.15, -0.1) is 0 Å². The van der Waals surface area contributed by atoms with Crippen molar-refractivity contribution < 1.29 is 28.3 Å². The summed E-state index contributed by atoms with van der Waals surface area (Å²) in [6.07, 6.45) is 1.09. The molecule has 0 amide bonds. The van der Waals surface area contributed by atoms with Gasteiger partial charge in [-0.1, -0.05) is 18.2 Å². The smallest absolute Gasteiger partial charge is 0.435 e. The van der Waals surface area contributed by atoms with E-state index in [1.807, 2.05) is 0 Å². The van der Waals surface area contributed by atoms with Gasteiger partial charge >= 0.3 is 23.3 Å². The van der Waals surface area contributed by atoms with Gasteiger partial charge in [-0.2, -0.15) is 0 Å². The molecule has 0 aliphatic heterocycles. The fraction of sp³-hybridized carbons (Fsp3) is 0.250. The predicted molar refractivity (Wildman–Crippen MR) is 82.1 cm³/mol. The van der Waals surface area contributed by atoms with Crippen molar-refractivity contribution in [2.24, 2.45) is 0 Å². The summed E-state index contributed by atoms with van der Waals surface area (Å²) in [6, 6.07) is 8.77. The number of nitrogens with one attached hydrogen (secondary N) is 1. The zero-order chi connectivity index (χ0) is 17.5. The normalized spacial score (nSPS) is 10.1. The van der Waals surface area contributed by atoms with Gasteiger partial charge in [0.25, 0.3) is 0 Å². The van der Waals surface area contributed by atoms with Crippen molar-refractivity contribution in [2.45, 2.75) is 13.8 Å². The minimum absolute atomic E-state index is 0.0442. The van der Waals surface area contributed by atoms with Gasteiger partial charge in [-0.05, 0) is 23.8 Å². The van der Waals surface area contributed by atoms with Gasteiger partial charge in [0.1, 0.15) is 0 Å². The van der Waals surface area contributed by atoms with Gasteiger partial charge in [0, 0.05) is 18.2 Å². The van der Waals surface area contributed by atoms with Crippen LogP contribution in [-0.4, -0.2) is 30.4 Å². The molecule has 8 nitrogen and oxygen atoms in total. The van der Waals surface area contributed by atoms with Crippen LogP contribution in [0.4, 0.5) is 0 Å². The maximum Gasteiger partial charge on any atom is 0.435 e. The van der Waals surface area contributed by atoms with Crippen molar-refractivity contribution in [3.05, 3.63) is 52.0 Å². The largest absolute Gasteiger partial charge is 0.462 e. The van der Waals surface area contributed by atoms with Crippen molar-refractivity contribution >= 4 is 18.0 Å². The Labute approximate surface area is 137 Å². The highest BCUT2D eigenvalue weighted by Gasteiger charge is 2.28. The fourth-order valence-electron chi connectivity index (χ4n) is 1.93. The molecule has 1 heterocycles. The first-order valence-corrected chi connectivity index (χ1v) is 7.33. The number of benzene rings is 1. The second-order valence-corrected chi connectivity index (χ2v) is 4.54. The maximum absolute atomic E-state index is 12.0. The van der Waals surface area contributed by atoms with Crippen LogP contribution >= 0.6 is 0 Å². The highest BCUT2D eigenvalue weighted by molar-refractivity contribution is 6.17. The van der Waals surface area contributed by atoms with E-state index in [4.69, 9.17) is 14.0 Å². The first kappa shape index (κ1) is 17.2. The number of para-hydroxylation sites is 1. The SMILES string of the molecule is CCOC(=O)C(=Cc1c(=O)o[nH][n+]1-c1ccccc1)C(=O)OCC. The molecule has 0 spiro atoms. The lowest BCUT2D eigenvalue weighted by Crippen LogP contribution is -2.37. The number of H-pyrrole nitrogens is 1. The van der Waals surface area contributed by atoms with E-state index in [2.05, 4.69) is 5.27 Å². The van der Waals surface area contributed by atoms with E-state index in [0.29, 0.717) is 5.69 Å². The number of carbonyl (C=O) groups excluding carboxylic acids is 2. The van der Waals surface area contributed by atoms with E-state index in [9.17, 15) is 14.4 Å². The molecule has 1 aromatic heterocycles. The molecular formula is C16H17N2O6+. The minimum Gasteiger partial charge on any atom is -0.462 e. The summed E-state index contributed by atoms with van der Waals surface area (Å²) in [5, 5.41) is 2.42. The van der Waals surface area contributed by atoms with E-state index in [-0.39, 0.29) is 18.9 Å². The van der Waals surface area contributed by atoms with Gasteiger partial charge < -0.3 is 9.47 Å². The lowest BCUT2D eigenvalue weighted by Gasteiger charge is -2.05. The summed E-state index contributed by atoms with van der Waals surface area (Å²) in [5.74, 6) is -1.76. The number of nitrogens with zero attached hydrogens (tertiary/aromatic N) is 1. The molecule has 0 radical (unpaired) electrons. The Hall–Kier alpha value is -3.16. The lowest BCUT2D eigenvalue weighted by atomic mass is 10.2. The first-order valence-electron chi connectivity index (χ1n) is 7.33. The van der Waals surface area contributed by atoms with E-state index in [0.717, 1.165) is 6.08 Å². The monoisotopic (exact) mass is 333 g/mol. The zero-order valence-corrected chi connectivity index (χ0v) is 13.3. The molecule has 2 aromatic rings. The zero-order valence-electron chi connectivity index (χ0n) is 13.3. The molecule has 0 bridgehead atoms. The molecule has 0 atom stereocenters. The molecule has 0 fully saturated rings. The quantitative estimate of drug-likeness (QED) is 0.275. The number of esters is 2. The fourth-order valence-corrected chi connectivity index (χ4v) is 1.93. The highest BCUT2D eigenvalue weighted by Crippen LogP contribution is 2.07. The van der Waals surface area contributed by atoms with Crippen molar-refractivity contribution in [1.29, 1.82) is 0 Å². The molecule has 0 aliphatic carbocycles. The molecule has 2 rings (SSSR count). The second kappa shape index (κ2) is 7.91. The Morgan fingerprint density at radius 2 is 1.71 bits per heavy atom. The Bertz CT molecular complexity index is 783. The number of rotatable bonds is 6. The van der Waals surface area contributed by atoms with Gasteiger partial charge in [0.05, 0.1) is 13.2 Å². The molecule has 24 heavy (non-hydrogen) atoms. The first-order chi connectivity index (χ1) is 11.6. The van der Waals surface area contributed by atoms with Crippen molar-refractivity contribution in [1.82, 2.24) is 5.27 Å². The summed E-state index contributed by atoms with van der Waals surface area (Å²) >= 11 is 0. The Morgan fingerprint density at radius 3 is 2.25 bits per heavy atom. The molecule has 0 unspecified atom stereocenters. The number of carbonyl (C=O) groups is 2. The van der Waals surface area contributed by atoms with Crippen LogP contribution < -0.4 is 10.3 Å². The van der Waals surface area contributed by atoms with E-state index >= 15 is 0 Å². The minimum atomic E-state index is -0.879. The van der Waals surface area contributed by atoms with Crippen molar-refractivity contribution in [3.63, 3.8) is 0 Å². The molecular weight excluding hydrogens is 316 g/mol. The van der Waals surface area contributed by atoms with Crippen LogP contribution in [0, 0.1) is 0 Å². The molecule has 0 saturated heterocycles. The number of aromatic amines is 1. The average molecular weight is 333 g/mol. The Balaban J connectivity index is 2.53. The molecule has 1 aromatic carbocycles. The van der Waals surface area contributed by atoms with Gasteiger partial charge in [0.2, 0.25) is 5.69 Å². The number of aromatic nitrogens is 2. The van der Waals surface area contributed by atoms with Crippen LogP contribution in [0.2, 0.25) is 0 Å². The van der Waals surface area contributed by atoms with Crippen LogP contribution in [0.25, 0.3) is 11.8 Å². The standard InChI is InChI=1S/C16H16N2O6/c1-3-22-14(19)12(15(20)23-4-2)10-13-16(21)24-17-18(13)11-8-6-5-7-9-11/h5-10H,3-4H2,1-2H3/p+1. The van der Waals surface area contributed by atoms with E-state index in [1.165, 1.54) is 4.68 Å². The lowest BCUT2D eigenvalue weighted by molar-refractivity contribution is -0.672. The third-order valence-corrected chi connectivity index (χ3v) is 2.97. The van der Waals surface area contributed by atoms with Gasteiger partial charge in [0.15, 0.2) is 5.57 Å². The predicted octanol–water partition coefficient (Wildman–Crippen LogP) is 0.754. The summed E-state index contributed by atoms with van der Waals surface area (Å²) in [5.41, 5.74) is -0.598. The molecule has 126 valence electrons. The molecule has 0 saturated carbocycles. The maximum atomic E-state index is 12.0. The summed E-state index contributed by atoms with van der Waals surface area (Å²) in [7, 11) is 0. The van der Waals surface area contributed by atoms with Crippen molar-refractivity contribution in [3.8, 4) is 5.69 Å². The van der Waals surface area contributed by atoms with Crippen LogP contribution in [0.3, 0.4) is 0 Å². The van der Waals surface area contributed by atoms with Gasteiger partial charge in [-0.3, -0.25) is 4.52 Å². The summed E-state index contributed by atoms with van der Waals surface area (Å²) in [4.78, 5) is 35.9. The Kier molecular flexibility index (Phi) is 5.67. The topological polar surface area (TPSA) is 102 Å². The number of hydrogen-bond acceptors (Lipinski definition) is 6. The van der Waals surface area contributed by atoms with Crippen LogP contribution in [0.15, 0.2) is 45.2 Å². The highest BCUT2D eigenvalue weighted by atomic mass is 16.6. The van der Waals surface area contributed by atoms with Crippen LogP contribution in [-0.2, 0) is 19.1 Å². The third kappa shape index (κ3) is 3.78. The Morgan fingerprint density at radius 1 is 1.12 bits per heavy atom. The van der Waals surface area contributed by atoms with Gasteiger partial charge in [-0.25, -0.2) is 14.4 Å². The third-order valence-electron chi connectivity index (χ3n) is 2.97. The second-order valence-electron chi connectivity index (χ2n) is 4.54. The van der Waals surface area contributed by atoms with Crippen LogP contribution in [0.1, 0.15) is 19.5 Å². The summed E-state index contributed by atoms with van der Waals surface area (Å²) < 4.78 is 15.8. The average Bonchev–Trinajstić information content (AvgIpc) is 2.94. The molecule has 1 N–H and O–H groups in total. The number of hydrogen-bond donors (Lipinski definition) is 1. The number of ether oxygens (including phenoxy) is 2. The van der Waals surface area contributed by atoms with E-state index in [1.54, 1.807) is 44.2 Å². The summed E-state index contributed by atoms with van der Waals surface area (Å²) in [6.45, 7) is 3.37.